The standard InChI is InChI=1S/C24H20FNO/c1-15(27)26-22-14-11-16-5-2-3-6-19(16)23(22)20-7-4-8-21(20)24(26)17-9-12-18(25)13-10-17/h2-7,9-14,20-21,24H,8H2,1H3/t20-,21+,24-/m0/s1. The SMILES string of the molecule is CC(=O)N1c2ccc3ccccc3c2[C@H]2C=CC[C@H]2[C@@H]1c1ccc(F)cc1. The molecule has 0 saturated heterocycles. The normalized spacial score (nSPS) is 23.3. The molecule has 0 radical (unpaired) electrons. The van der Waals surface area contributed by atoms with Crippen molar-refractivity contribution in [2.45, 2.75) is 25.3 Å². The number of halogens is 1. The number of carbonyl (C=O) groups is 1. The average molecular weight is 357 g/mol. The summed E-state index contributed by atoms with van der Waals surface area (Å²) in [6, 6.07) is 19.0. The molecule has 0 spiro atoms. The average Bonchev–Trinajstić information content (AvgIpc) is 3.16. The van der Waals surface area contributed by atoms with Crippen molar-refractivity contribution in [2.24, 2.45) is 5.92 Å². The molecule has 0 fully saturated rings. The van der Waals surface area contributed by atoms with Crippen LogP contribution in [0.25, 0.3) is 10.8 Å². The largest absolute Gasteiger partial charge is 0.305 e. The number of anilines is 1. The summed E-state index contributed by atoms with van der Waals surface area (Å²) in [7, 11) is 0. The van der Waals surface area contributed by atoms with Gasteiger partial charge in [-0.05, 0) is 52.4 Å². The zero-order chi connectivity index (χ0) is 18.5. The van der Waals surface area contributed by atoms with Crippen LogP contribution >= 0.6 is 0 Å². The molecule has 0 bridgehead atoms. The van der Waals surface area contributed by atoms with Gasteiger partial charge in [0.1, 0.15) is 5.82 Å². The van der Waals surface area contributed by atoms with Crippen LogP contribution in [0.2, 0.25) is 0 Å². The second-order valence-corrected chi connectivity index (χ2v) is 7.46. The quantitative estimate of drug-likeness (QED) is 0.508. The molecule has 0 aromatic heterocycles. The van der Waals surface area contributed by atoms with Crippen LogP contribution in [0.3, 0.4) is 0 Å². The zero-order valence-corrected chi connectivity index (χ0v) is 15.1. The molecule has 0 unspecified atom stereocenters. The second kappa shape index (κ2) is 6.05. The smallest absolute Gasteiger partial charge is 0.224 e. The van der Waals surface area contributed by atoms with Crippen molar-refractivity contribution in [1.82, 2.24) is 0 Å². The van der Waals surface area contributed by atoms with Gasteiger partial charge in [0.2, 0.25) is 5.91 Å². The van der Waals surface area contributed by atoms with Gasteiger partial charge >= 0.3 is 0 Å². The van der Waals surface area contributed by atoms with Gasteiger partial charge in [0.25, 0.3) is 0 Å². The molecule has 3 aromatic carbocycles. The molecule has 1 amide bonds. The van der Waals surface area contributed by atoms with E-state index in [2.05, 4.69) is 42.5 Å². The predicted octanol–water partition coefficient (Wildman–Crippen LogP) is 5.75. The molecule has 5 rings (SSSR count). The molecule has 3 aromatic rings. The van der Waals surface area contributed by atoms with E-state index in [0.29, 0.717) is 0 Å². The van der Waals surface area contributed by atoms with Gasteiger partial charge in [-0.15, -0.1) is 0 Å². The van der Waals surface area contributed by atoms with Crippen LogP contribution in [0.4, 0.5) is 10.1 Å². The number of nitrogens with zero attached hydrogens (tertiary/aromatic N) is 1. The highest BCUT2D eigenvalue weighted by Crippen LogP contribution is 2.54. The Labute approximate surface area is 157 Å². The molecular weight excluding hydrogens is 337 g/mol. The minimum atomic E-state index is -0.253. The van der Waals surface area contributed by atoms with E-state index in [4.69, 9.17) is 0 Å². The number of amides is 1. The Balaban J connectivity index is 1.78. The minimum Gasteiger partial charge on any atom is -0.305 e. The van der Waals surface area contributed by atoms with Crippen LogP contribution in [-0.4, -0.2) is 5.91 Å². The number of hydrogen-bond donors (Lipinski definition) is 0. The van der Waals surface area contributed by atoms with Crippen LogP contribution in [0, 0.1) is 11.7 Å². The van der Waals surface area contributed by atoms with Gasteiger partial charge in [-0.3, -0.25) is 4.79 Å². The Hall–Kier alpha value is -2.94. The molecule has 2 nitrogen and oxygen atoms in total. The predicted molar refractivity (Wildman–Crippen MR) is 106 cm³/mol. The van der Waals surface area contributed by atoms with Crippen LogP contribution < -0.4 is 4.90 Å². The van der Waals surface area contributed by atoms with Crippen molar-refractivity contribution in [1.29, 1.82) is 0 Å². The van der Waals surface area contributed by atoms with Crippen LogP contribution in [0.1, 0.15) is 36.4 Å². The van der Waals surface area contributed by atoms with Crippen molar-refractivity contribution < 1.29 is 9.18 Å². The molecule has 1 aliphatic heterocycles. The van der Waals surface area contributed by atoms with Crippen LogP contribution in [0.15, 0.2) is 72.8 Å². The summed E-state index contributed by atoms with van der Waals surface area (Å²) in [5, 5.41) is 2.40. The van der Waals surface area contributed by atoms with Crippen molar-refractivity contribution in [3.05, 3.63) is 89.8 Å². The maximum absolute atomic E-state index is 13.5. The van der Waals surface area contributed by atoms with Gasteiger partial charge < -0.3 is 4.90 Å². The third-order valence-corrected chi connectivity index (χ3v) is 5.99. The summed E-state index contributed by atoms with van der Waals surface area (Å²) < 4.78 is 13.5. The summed E-state index contributed by atoms with van der Waals surface area (Å²) in [5.41, 5.74) is 3.20. The lowest BCUT2D eigenvalue weighted by Gasteiger charge is -2.44. The molecule has 1 aliphatic carbocycles. The molecule has 3 atom stereocenters. The van der Waals surface area contributed by atoms with E-state index >= 15 is 0 Å². The van der Waals surface area contributed by atoms with Gasteiger partial charge in [-0.25, -0.2) is 4.39 Å². The fraction of sp³-hybridized carbons (Fsp3) is 0.208. The first-order valence-electron chi connectivity index (χ1n) is 9.39. The fourth-order valence-corrected chi connectivity index (χ4v) is 4.91. The summed E-state index contributed by atoms with van der Waals surface area (Å²) in [6.45, 7) is 1.62. The number of allylic oxidation sites excluding steroid dienone is 2. The fourth-order valence-electron chi connectivity index (χ4n) is 4.91. The van der Waals surface area contributed by atoms with E-state index in [0.717, 1.165) is 17.7 Å². The Morgan fingerprint density at radius 1 is 1.04 bits per heavy atom. The Morgan fingerprint density at radius 2 is 1.81 bits per heavy atom. The van der Waals surface area contributed by atoms with Crippen molar-refractivity contribution >= 4 is 22.4 Å². The molecule has 2 aliphatic rings. The van der Waals surface area contributed by atoms with Crippen LogP contribution in [-0.2, 0) is 4.79 Å². The van der Waals surface area contributed by atoms with E-state index in [1.165, 1.54) is 28.5 Å². The summed E-state index contributed by atoms with van der Waals surface area (Å²) >= 11 is 0. The lowest BCUT2D eigenvalue weighted by atomic mass is 9.74. The molecular formula is C24H20FNO. The Bertz CT molecular complexity index is 1070. The highest BCUT2D eigenvalue weighted by Gasteiger charge is 2.44. The highest BCUT2D eigenvalue weighted by molar-refractivity contribution is 6.00. The first-order chi connectivity index (χ1) is 13.1. The molecule has 3 heteroatoms. The van der Waals surface area contributed by atoms with Gasteiger partial charge in [0.05, 0.1) is 6.04 Å². The third-order valence-electron chi connectivity index (χ3n) is 5.99. The monoisotopic (exact) mass is 357 g/mol. The van der Waals surface area contributed by atoms with Crippen LogP contribution in [0.5, 0.6) is 0 Å². The van der Waals surface area contributed by atoms with Crippen molar-refractivity contribution in [3.63, 3.8) is 0 Å². The van der Waals surface area contributed by atoms with Gasteiger partial charge in [0.15, 0.2) is 0 Å². The maximum atomic E-state index is 13.5. The number of hydrogen-bond acceptors (Lipinski definition) is 1. The summed E-state index contributed by atoms with van der Waals surface area (Å²) in [5.74, 6) is 0.289. The Kier molecular flexibility index (Phi) is 3.64. The molecule has 27 heavy (non-hydrogen) atoms. The van der Waals surface area contributed by atoms with Crippen molar-refractivity contribution in [2.75, 3.05) is 4.90 Å². The zero-order valence-electron chi connectivity index (χ0n) is 15.1. The van der Waals surface area contributed by atoms with E-state index in [-0.39, 0.29) is 29.6 Å². The first-order valence-corrected chi connectivity index (χ1v) is 9.39. The third kappa shape index (κ3) is 2.42. The number of benzene rings is 3. The Morgan fingerprint density at radius 3 is 2.59 bits per heavy atom. The molecule has 1 heterocycles. The minimum absolute atomic E-state index is 0.0196. The van der Waals surface area contributed by atoms with Gasteiger partial charge in [-0.2, -0.15) is 0 Å². The maximum Gasteiger partial charge on any atom is 0.224 e. The lowest BCUT2D eigenvalue weighted by Crippen LogP contribution is -2.42. The van der Waals surface area contributed by atoms with E-state index in [1.54, 1.807) is 6.92 Å². The first kappa shape index (κ1) is 16.2. The second-order valence-electron chi connectivity index (χ2n) is 7.46. The highest BCUT2D eigenvalue weighted by atomic mass is 19.1. The summed E-state index contributed by atoms with van der Waals surface area (Å²) in [4.78, 5) is 14.7. The van der Waals surface area contributed by atoms with Gasteiger partial charge in [-0.1, -0.05) is 54.6 Å². The van der Waals surface area contributed by atoms with E-state index in [1.807, 2.05) is 23.1 Å². The molecule has 0 N–H and O–H groups in total. The van der Waals surface area contributed by atoms with E-state index in [9.17, 15) is 9.18 Å². The number of rotatable bonds is 1. The lowest BCUT2D eigenvalue weighted by molar-refractivity contribution is -0.117. The van der Waals surface area contributed by atoms with Crippen molar-refractivity contribution in [3.8, 4) is 0 Å². The van der Waals surface area contributed by atoms with Gasteiger partial charge in [0, 0.05) is 18.5 Å². The number of fused-ring (bicyclic) bond motifs is 5. The topological polar surface area (TPSA) is 20.3 Å². The molecule has 0 saturated carbocycles. The van der Waals surface area contributed by atoms with E-state index < -0.39 is 0 Å². The number of carbonyl (C=O) groups excluding carboxylic acids is 1. The molecule has 134 valence electrons. The summed E-state index contributed by atoms with van der Waals surface area (Å²) in [6.07, 6.45) is 5.42.